The van der Waals surface area contributed by atoms with Crippen LogP contribution >= 0.6 is 12.4 Å². The molecule has 1 aromatic rings. The number of rotatable bonds is 5. The summed E-state index contributed by atoms with van der Waals surface area (Å²) >= 11 is 0. The molecule has 0 fully saturated rings. The van der Waals surface area contributed by atoms with Crippen LogP contribution < -0.4 is 15.8 Å². The van der Waals surface area contributed by atoms with Gasteiger partial charge in [-0.2, -0.15) is 0 Å². The number of anilines is 1. The van der Waals surface area contributed by atoms with Gasteiger partial charge in [-0.25, -0.2) is 13.1 Å². The van der Waals surface area contributed by atoms with E-state index in [-0.39, 0.29) is 35.7 Å². The van der Waals surface area contributed by atoms with Gasteiger partial charge in [0.2, 0.25) is 15.9 Å². The van der Waals surface area contributed by atoms with Gasteiger partial charge < -0.3 is 11.1 Å². The quantitative estimate of drug-likeness (QED) is 0.748. The van der Waals surface area contributed by atoms with E-state index in [1.54, 1.807) is 26.0 Å². The second kappa shape index (κ2) is 7.58. The van der Waals surface area contributed by atoms with Crippen molar-refractivity contribution in [2.45, 2.75) is 18.7 Å². The molecule has 1 rings (SSSR count). The van der Waals surface area contributed by atoms with Crippen LogP contribution in [0.4, 0.5) is 5.69 Å². The van der Waals surface area contributed by atoms with Gasteiger partial charge in [0.1, 0.15) is 0 Å². The molecule has 4 N–H and O–H groups in total. The van der Waals surface area contributed by atoms with Gasteiger partial charge >= 0.3 is 0 Å². The number of hydrogen-bond donors (Lipinski definition) is 3. The molecule has 1 atom stereocenters. The normalized spacial score (nSPS) is 12.4. The van der Waals surface area contributed by atoms with Crippen LogP contribution in [0, 0.1) is 12.8 Å². The maximum absolute atomic E-state index is 11.8. The van der Waals surface area contributed by atoms with E-state index < -0.39 is 10.0 Å². The molecule has 8 heteroatoms. The number of aryl methyl sites for hydroxylation is 1. The highest BCUT2D eigenvalue weighted by atomic mass is 35.5. The van der Waals surface area contributed by atoms with Gasteiger partial charge in [0, 0.05) is 18.2 Å². The molecular formula is C12H20ClN3O3S. The molecule has 0 saturated carbocycles. The zero-order valence-corrected chi connectivity index (χ0v) is 13.3. The summed E-state index contributed by atoms with van der Waals surface area (Å²) in [5, 5.41) is 2.65. The van der Waals surface area contributed by atoms with Crippen LogP contribution in [-0.2, 0) is 14.8 Å². The minimum atomic E-state index is -3.54. The molecule has 1 aromatic carbocycles. The average Bonchev–Trinajstić information content (AvgIpc) is 2.39. The van der Waals surface area contributed by atoms with Crippen LogP contribution in [-0.4, -0.2) is 27.9 Å². The average molecular weight is 322 g/mol. The molecule has 0 aliphatic heterocycles. The van der Waals surface area contributed by atoms with E-state index in [4.69, 9.17) is 5.73 Å². The van der Waals surface area contributed by atoms with E-state index in [2.05, 4.69) is 10.0 Å². The maximum atomic E-state index is 11.8. The third kappa shape index (κ3) is 4.45. The van der Waals surface area contributed by atoms with Gasteiger partial charge in [-0.1, -0.05) is 13.0 Å². The molecule has 0 aliphatic rings. The summed E-state index contributed by atoms with van der Waals surface area (Å²) in [6.07, 6.45) is 0. The first-order valence-electron chi connectivity index (χ1n) is 5.87. The summed E-state index contributed by atoms with van der Waals surface area (Å²) in [7, 11) is -2.20. The van der Waals surface area contributed by atoms with Crippen LogP contribution in [0.5, 0.6) is 0 Å². The molecule has 0 aliphatic carbocycles. The Morgan fingerprint density at radius 2 is 2.00 bits per heavy atom. The zero-order chi connectivity index (χ0) is 14.6. The second-order valence-electron chi connectivity index (χ2n) is 4.31. The summed E-state index contributed by atoms with van der Waals surface area (Å²) in [4.78, 5) is 11.8. The summed E-state index contributed by atoms with van der Waals surface area (Å²) < 4.78 is 25.9. The highest BCUT2D eigenvalue weighted by Crippen LogP contribution is 2.20. The lowest BCUT2D eigenvalue weighted by Gasteiger charge is -2.12. The lowest BCUT2D eigenvalue weighted by molar-refractivity contribution is -0.119. The Kier molecular flexibility index (Phi) is 7.15. The van der Waals surface area contributed by atoms with E-state index in [1.807, 2.05) is 0 Å². The Balaban J connectivity index is 0.00000361. The number of carbonyl (C=O) groups is 1. The smallest absolute Gasteiger partial charge is 0.240 e. The zero-order valence-electron chi connectivity index (χ0n) is 11.6. The molecule has 0 spiro atoms. The number of benzene rings is 1. The Hall–Kier alpha value is -1.15. The third-order valence-electron chi connectivity index (χ3n) is 2.82. The van der Waals surface area contributed by atoms with Crippen LogP contribution in [0.1, 0.15) is 12.5 Å². The van der Waals surface area contributed by atoms with Crippen LogP contribution in [0.25, 0.3) is 0 Å². The first-order chi connectivity index (χ1) is 8.81. The number of sulfonamides is 1. The standard InChI is InChI=1S/C12H19N3O3S.ClH/c1-8-4-5-10(15-12(16)9(2)7-13)6-11(8)19(17,18)14-3;/h4-6,9,14H,7,13H2,1-3H3,(H,15,16);1H. The van der Waals surface area contributed by atoms with Crippen molar-refractivity contribution in [2.24, 2.45) is 11.7 Å². The first-order valence-corrected chi connectivity index (χ1v) is 7.35. The fourth-order valence-electron chi connectivity index (χ4n) is 1.45. The van der Waals surface area contributed by atoms with Crippen molar-refractivity contribution in [3.8, 4) is 0 Å². The van der Waals surface area contributed by atoms with E-state index in [0.29, 0.717) is 11.3 Å². The van der Waals surface area contributed by atoms with Gasteiger partial charge in [-0.05, 0) is 31.7 Å². The minimum Gasteiger partial charge on any atom is -0.330 e. The molecule has 114 valence electrons. The summed E-state index contributed by atoms with van der Waals surface area (Å²) in [5.74, 6) is -0.565. The largest absolute Gasteiger partial charge is 0.330 e. The fourth-order valence-corrected chi connectivity index (χ4v) is 2.44. The predicted molar refractivity (Wildman–Crippen MR) is 81.5 cm³/mol. The van der Waals surface area contributed by atoms with E-state index in [1.165, 1.54) is 13.1 Å². The summed E-state index contributed by atoms with van der Waals surface area (Å²) in [5.41, 5.74) is 6.45. The van der Waals surface area contributed by atoms with Crippen molar-refractivity contribution in [3.05, 3.63) is 23.8 Å². The van der Waals surface area contributed by atoms with Crippen LogP contribution in [0.15, 0.2) is 23.1 Å². The molecule has 6 nitrogen and oxygen atoms in total. The maximum Gasteiger partial charge on any atom is 0.240 e. The Bertz CT molecular complexity index is 575. The SMILES string of the molecule is CNS(=O)(=O)c1cc(NC(=O)C(C)CN)ccc1C.Cl. The number of carbonyl (C=O) groups excluding carboxylic acids is 1. The summed E-state index contributed by atoms with van der Waals surface area (Å²) in [6, 6.07) is 4.74. The Labute approximate surface area is 125 Å². The van der Waals surface area contributed by atoms with E-state index >= 15 is 0 Å². The van der Waals surface area contributed by atoms with Gasteiger partial charge in [0.05, 0.1) is 4.90 Å². The molecule has 1 unspecified atom stereocenters. The van der Waals surface area contributed by atoms with Gasteiger partial charge in [0.25, 0.3) is 0 Å². The lowest BCUT2D eigenvalue weighted by atomic mass is 10.1. The van der Waals surface area contributed by atoms with Gasteiger partial charge in [-0.3, -0.25) is 4.79 Å². The minimum absolute atomic E-state index is 0. The topological polar surface area (TPSA) is 101 Å². The Morgan fingerprint density at radius 1 is 1.40 bits per heavy atom. The molecule has 0 radical (unpaired) electrons. The summed E-state index contributed by atoms with van der Waals surface area (Å²) in [6.45, 7) is 3.63. The number of hydrogen-bond acceptors (Lipinski definition) is 4. The number of nitrogens with one attached hydrogen (secondary N) is 2. The molecule has 0 saturated heterocycles. The molecule has 0 heterocycles. The highest BCUT2D eigenvalue weighted by molar-refractivity contribution is 7.89. The second-order valence-corrected chi connectivity index (χ2v) is 6.17. The molecule has 0 bridgehead atoms. The van der Waals surface area contributed by atoms with Crippen LogP contribution in [0.2, 0.25) is 0 Å². The van der Waals surface area contributed by atoms with Crippen molar-refractivity contribution >= 4 is 34.0 Å². The number of amides is 1. The first kappa shape index (κ1) is 18.9. The van der Waals surface area contributed by atoms with Gasteiger partial charge in [0.15, 0.2) is 0 Å². The molecule has 20 heavy (non-hydrogen) atoms. The van der Waals surface area contributed by atoms with Crippen molar-refractivity contribution in [1.82, 2.24) is 4.72 Å². The monoisotopic (exact) mass is 321 g/mol. The third-order valence-corrected chi connectivity index (χ3v) is 4.37. The van der Waals surface area contributed by atoms with Crippen molar-refractivity contribution in [1.29, 1.82) is 0 Å². The fraction of sp³-hybridized carbons (Fsp3) is 0.417. The van der Waals surface area contributed by atoms with Crippen molar-refractivity contribution < 1.29 is 13.2 Å². The molecular weight excluding hydrogens is 302 g/mol. The molecule has 1 amide bonds. The van der Waals surface area contributed by atoms with Crippen molar-refractivity contribution in [2.75, 3.05) is 18.9 Å². The van der Waals surface area contributed by atoms with E-state index in [9.17, 15) is 13.2 Å². The predicted octanol–water partition coefficient (Wildman–Crippen LogP) is 0.858. The number of nitrogens with two attached hydrogens (primary N) is 1. The highest BCUT2D eigenvalue weighted by Gasteiger charge is 2.17. The molecule has 0 aromatic heterocycles. The number of halogens is 1. The van der Waals surface area contributed by atoms with Crippen LogP contribution in [0.3, 0.4) is 0 Å². The Morgan fingerprint density at radius 3 is 2.50 bits per heavy atom. The van der Waals surface area contributed by atoms with Crippen molar-refractivity contribution in [3.63, 3.8) is 0 Å². The van der Waals surface area contributed by atoms with E-state index in [0.717, 1.165) is 0 Å². The lowest BCUT2D eigenvalue weighted by Crippen LogP contribution is -2.27. The van der Waals surface area contributed by atoms with Gasteiger partial charge in [-0.15, -0.1) is 12.4 Å².